The fourth-order valence-corrected chi connectivity index (χ4v) is 3.16. The quantitative estimate of drug-likeness (QED) is 0.757. The van der Waals surface area contributed by atoms with E-state index in [4.69, 9.17) is 5.73 Å². The summed E-state index contributed by atoms with van der Waals surface area (Å²) in [5.41, 5.74) is 7.94. The number of halogens is 2. The van der Waals surface area contributed by atoms with Crippen molar-refractivity contribution in [1.82, 2.24) is 14.7 Å². The zero-order valence-electron chi connectivity index (χ0n) is 15.3. The van der Waals surface area contributed by atoms with Crippen molar-refractivity contribution in [3.63, 3.8) is 0 Å². The van der Waals surface area contributed by atoms with E-state index in [2.05, 4.69) is 15.9 Å². The second kappa shape index (κ2) is 12.4. The first-order valence-electron chi connectivity index (χ1n) is 8.69. The molecule has 1 aliphatic heterocycles. The van der Waals surface area contributed by atoms with Gasteiger partial charge in [0.2, 0.25) is 5.91 Å². The van der Waals surface area contributed by atoms with Gasteiger partial charge in [-0.2, -0.15) is 0 Å². The molecular weight excluding hydrogens is 359 g/mol. The first kappa shape index (κ1) is 24.0. The van der Waals surface area contributed by atoms with Crippen LogP contribution in [0.3, 0.4) is 0 Å². The number of nitrogens with zero attached hydrogens (tertiary/aromatic N) is 3. The van der Waals surface area contributed by atoms with E-state index in [1.165, 1.54) is 5.56 Å². The minimum Gasteiger partial charge on any atom is -0.399 e. The summed E-state index contributed by atoms with van der Waals surface area (Å²) in [6, 6.07) is 8.11. The van der Waals surface area contributed by atoms with Crippen LogP contribution < -0.4 is 5.73 Å². The topological polar surface area (TPSA) is 52.8 Å². The molecule has 0 spiro atoms. The van der Waals surface area contributed by atoms with Crippen molar-refractivity contribution >= 4 is 36.4 Å². The molecule has 2 rings (SSSR count). The van der Waals surface area contributed by atoms with E-state index in [-0.39, 0.29) is 30.7 Å². The van der Waals surface area contributed by atoms with Crippen LogP contribution in [0.1, 0.15) is 25.8 Å². The number of hydrogen-bond donors (Lipinski definition) is 1. The molecular formula is C18H32Cl2N4O. The van der Waals surface area contributed by atoms with E-state index in [1.807, 2.05) is 36.9 Å². The molecule has 5 nitrogen and oxygen atoms in total. The Morgan fingerprint density at radius 2 is 1.72 bits per heavy atom. The second-order valence-electron chi connectivity index (χ2n) is 6.22. The number of carbonyl (C=O) groups excluding carboxylic acids is 1. The summed E-state index contributed by atoms with van der Waals surface area (Å²) >= 11 is 0. The van der Waals surface area contributed by atoms with E-state index in [0.29, 0.717) is 6.54 Å². The molecule has 2 N–H and O–H groups in total. The summed E-state index contributed by atoms with van der Waals surface area (Å²) in [5, 5.41) is 0. The van der Waals surface area contributed by atoms with Crippen LogP contribution in [-0.4, -0.2) is 66.4 Å². The van der Waals surface area contributed by atoms with Gasteiger partial charge in [-0.25, -0.2) is 0 Å². The van der Waals surface area contributed by atoms with Gasteiger partial charge in [0.05, 0.1) is 6.54 Å². The Bertz CT molecular complexity index is 512. The Kier molecular flexibility index (Phi) is 11.9. The maximum Gasteiger partial charge on any atom is 0.236 e. The lowest BCUT2D eigenvalue weighted by atomic mass is 10.2. The normalized spacial score (nSPS) is 15.6. The third kappa shape index (κ3) is 7.82. The molecule has 7 heteroatoms. The van der Waals surface area contributed by atoms with E-state index < -0.39 is 0 Å². The molecule has 0 radical (unpaired) electrons. The van der Waals surface area contributed by atoms with Gasteiger partial charge in [0, 0.05) is 38.4 Å². The number of likely N-dealkylation sites (N-methyl/N-ethyl adjacent to an activating group) is 1. The molecule has 1 fully saturated rings. The highest BCUT2D eigenvalue weighted by Gasteiger charge is 2.19. The molecule has 1 aromatic carbocycles. The average Bonchev–Trinajstić information content (AvgIpc) is 2.74. The highest BCUT2D eigenvalue weighted by Crippen LogP contribution is 2.12. The summed E-state index contributed by atoms with van der Waals surface area (Å²) in [6.45, 7) is 11.2. The smallest absolute Gasteiger partial charge is 0.236 e. The third-order valence-electron chi connectivity index (χ3n) is 4.51. The van der Waals surface area contributed by atoms with Crippen molar-refractivity contribution in [1.29, 1.82) is 0 Å². The molecule has 0 aliphatic carbocycles. The molecule has 0 saturated carbocycles. The zero-order chi connectivity index (χ0) is 16.7. The van der Waals surface area contributed by atoms with E-state index in [9.17, 15) is 4.79 Å². The largest absolute Gasteiger partial charge is 0.399 e. The maximum absolute atomic E-state index is 12.3. The highest BCUT2D eigenvalue weighted by molar-refractivity contribution is 5.85. The van der Waals surface area contributed by atoms with Crippen LogP contribution >= 0.6 is 24.8 Å². The average molecular weight is 391 g/mol. The second-order valence-corrected chi connectivity index (χ2v) is 6.22. The summed E-state index contributed by atoms with van der Waals surface area (Å²) in [6.07, 6.45) is 1.11. The number of anilines is 1. The lowest BCUT2D eigenvalue weighted by Gasteiger charge is -2.25. The van der Waals surface area contributed by atoms with Gasteiger partial charge in [-0.1, -0.05) is 12.1 Å². The van der Waals surface area contributed by atoms with Crippen LogP contribution in [0, 0.1) is 0 Å². The Hall–Kier alpha value is -1.01. The molecule has 0 bridgehead atoms. The Balaban J connectivity index is 0.00000288. The molecule has 0 aromatic heterocycles. The number of amides is 1. The van der Waals surface area contributed by atoms with Gasteiger partial charge in [-0.3, -0.25) is 14.6 Å². The number of hydrogen-bond acceptors (Lipinski definition) is 4. The Morgan fingerprint density at radius 1 is 1.08 bits per heavy atom. The van der Waals surface area contributed by atoms with Gasteiger partial charge in [-0.05, 0) is 51.1 Å². The van der Waals surface area contributed by atoms with Crippen LogP contribution in [0.25, 0.3) is 0 Å². The summed E-state index contributed by atoms with van der Waals surface area (Å²) < 4.78 is 0. The minimum atomic E-state index is 0. The van der Waals surface area contributed by atoms with Gasteiger partial charge in [0.15, 0.2) is 0 Å². The first-order valence-corrected chi connectivity index (χ1v) is 8.69. The third-order valence-corrected chi connectivity index (χ3v) is 4.51. The highest BCUT2D eigenvalue weighted by atomic mass is 35.5. The molecule has 1 saturated heterocycles. The SMILES string of the molecule is CCN(CC)C(=O)CN1CCCN(Cc2cccc(N)c2)CC1.Cl.Cl. The zero-order valence-corrected chi connectivity index (χ0v) is 17.0. The van der Waals surface area contributed by atoms with Crippen LogP contribution in [-0.2, 0) is 11.3 Å². The van der Waals surface area contributed by atoms with Crippen molar-refractivity contribution in [3.8, 4) is 0 Å². The van der Waals surface area contributed by atoms with Crippen LogP contribution in [0.2, 0.25) is 0 Å². The van der Waals surface area contributed by atoms with E-state index in [0.717, 1.165) is 57.9 Å². The van der Waals surface area contributed by atoms with Crippen molar-refractivity contribution < 1.29 is 4.79 Å². The lowest BCUT2D eigenvalue weighted by molar-refractivity contribution is -0.132. The van der Waals surface area contributed by atoms with Gasteiger partial charge in [0.25, 0.3) is 0 Å². The first-order chi connectivity index (χ1) is 11.1. The number of rotatable bonds is 6. The number of carbonyl (C=O) groups is 1. The summed E-state index contributed by atoms with van der Waals surface area (Å²) in [5.74, 6) is 0.249. The molecule has 0 unspecified atom stereocenters. The predicted octanol–water partition coefficient (Wildman–Crippen LogP) is 2.49. The lowest BCUT2D eigenvalue weighted by Crippen LogP contribution is -2.41. The van der Waals surface area contributed by atoms with Gasteiger partial charge >= 0.3 is 0 Å². The molecule has 1 aromatic rings. The van der Waals surface area contributed by atoms with Crippen molar-refractivity contribution in [2.45, 2.75) is 26.8 Å². The standard InChI is InChI=1S/C18H30N4O.2ClH/c1-3-22(4-2)18(23)15-21-10-6-9-20(11-12-21)14-16-7-5-8-17(19)13-16;;/h5,7-8,13H,3-4,6,9-12,14-15,19H2,1-2H3;2*1H. The molecule has 1 amide bonds. The maximum atomic E-state index is 12.3. The van der Waals surface area contributed by atoms with Gasteiger partial charge < -0.3 is 10.6 Å². The Labute approximate surface area is 164 Å². The molecule has 1 aliphatic rings. The predicted molar refractivity (Wildman–Crippen MR) is 110 cm³/mol. The summed E-state index contributed by atoms with van der Waals surface area (Å²) in [7, 11) is 0. The van der Waals surface area contributed by atoms with Crippen LogP contribution in [0.15, 0.2) is 24.3 Å². The minimum absolute atomic E-state index is 0. The number of nitrogens with two attached hydrogens (primary N) is 1. The Morgan fingerprint density at radius 3 is 2.36 bits per heavy atom. The molecule has 1 heterocycles. The fraction of sp³-hybridized carbons (Fsp3) is 0.611. The molecule has 25 heavy (non-hydrogen) atoms. The number of benzene rings is 1. The van der Waals surface area contributed by atoms with E-state index >= 15 is 0 Å². The number of nitrogen functional groups attached to an aromatic ring is 1. The van der Waals surface area contributed by atoms with Gasteiger partial charge in [-0.15, -0.1) is 24.8 Å². The van der Waals surface area contributed by atoms with Gasteiger partial charge in [0.1, 0.15) is 0 Å². The molecule has 144 valence electrons. The van der Waals surface area contributed by atoms with Crippen molar-refractivity contribution in [3.05, 3.63) is 29.8 Å². The molecule has 0 atom stereocenters. The van der Waals surface area contributed by atoms with Crippen molar-refractivity contribution in [2.75, 3.05) is 51.5 Å². The van der Waals surface area contributed by atoms with Crippen LogP contribution in [0.5, 0.6) is 0 Å². The van der Waals surface area contributed by atoms with E-state index in [1.54, 1.807) is 0 Å². The monoisotopic (exact) mass is 390 g/mol. The van der Waals surface area contributed by atoms with Crippen molar-refractivity contribution in [2.24, 2.45) is 0 Å². The summed E-state index contributed by atoms with van der Waals surface area (Å²) in [4.78, 5) is 18.9. The fourth-order valence-electron chi connectivity index (χ4n) is 3.16. The van der Waals surface area contributed by atoms with Crippen LogP contribution in [0.4, 0.5) is 5.69 Å².